The number of hydrogen-bond acceptors (Lipinski definition) is 8. The van der Waals surface area contributed by atoms with Gasteiger partial charge in [0, 0.05) is 10.9 Å². The van der Waals surface area contributed by atoms with Gasteiger partial charge in [0.1, 0.15) is 11.4 Å². The van der Waals surface area contributed by atoms with E-state index in [1.54, 1.807) is 43.5 Å². The van der Waals surface area contributed by atoms with E-state index in [0.29, 0.717) is 45.3 Å². The maximum Gasteiger partial charge on any atom is 0.343 e. The minimum Gasteiger partial charge on any atom is -0.495 e. The highest BCUT2D eigenvalue weighted by molar-refractivity contribution is 6.11. The highest BCUT2D eigenvalue weighted by Crippen LogP contribution is 2.37. The number of esters is 1. The number of nitrogens with zero attached hydrogens (tertiary/aromatic N) is 1. The first-order chi connectivity index (χ1) is 20.6. The third-order valence-electron chi connectivity index (χ3n) is 6.68. The first-order valence-corrected chi connectivity index (χ1v) is 12.9. The standard InChI is InChI=1S/C32H25N3O7/c1-38-25-10-6-9-22-28(20-7-4-3-5-8-20)30(34-29(22)25)31(36)35-33-17-19-11-13-24(26(15-19)39-2)42-32(37)21-12-14-23-27(16-21)41-18-40-23/h3-17,34H,18H2,1-2H3,(H,35,36). The number of para-hydroxylation sites is 1. The number of amides is 1. The van der Waals surface area contributed by atoms with E-state index in [-0.39, 0.29) is 12.5 Å². The zero-order valence-electron chi connectivity index (χ0n) is 22.7. The van der Waals surface area contributed by atoms with E-state index in [0.717, 1.165) is 16.5 Å². The predicted octanol–water partition coefficient (Wildman–Crippen LogP) is 5.56. The number of nitrogens with one attached hydrogen (secondary N) is 2. The number of hydrazone groups is 1. The first-order valence-electron chi connectivity index (χ1n) is 12.9. The molecule has 6 rings (SSSR count). The lowest BCUT2D eigenvalue weighted by atomic mass is 10.0. The minimum atomic E-state index is -0.579. The molecule has 0 bridgehead atoms. The van der Waals surface area contributed by atoms with Gasteiger partial charge in [0.25, 0.3) is 5.91 Å². The van der Waals surface area contributed by atoms with Gasteiger partial charge in [0.15, 0.2) is 23.0 Å². The molecule has 1 aromatic heterocycles. The largest absolute Gasteiger partial charge is 0.495 e. The van der Waals surface area contributed by atoms with Crippen molar-refractivity contribution in [3.8, 4) is 39.9 Å². The lowest BCUT2D eigenvalue weighted by molar-refractivity contribution is 0.0729. The average Bonchev–Trinajstić information content (AvgIpc) is 3.66. The van der Waals surface area contributed by atoms with Crippen LogP contribution in [-0.4, -0.2) is 44.1 Å². The van der Waals surface area contributed by atoms with E-state index >= 15 is 0 Å². The van der Waals surface area contributed by atoms with Crippen LogP contribution in [0.5, 0.6) is 28.7 Å². The number of fused-ring (bicyclic) bond motifs is 2. The van der Waals surface area contributed by atoms with E-state index < -0.39 is 11.9 Å². The molecule has 1 aliphatic heterocycles. The van der Waals surface area contributed by atoms with Gasteiger partial charge in [-0.1, -0.05) is 42.5 Å². The fourth-order valence-corrected chi connectivity index (χ4v) is 4.69. The van der Waals surface area contributed by atoms with Crippen LogP contribution in [0.2, 0.25) is 0 Å². The molecule has 10 heteroatoms. The minimum absolute atomic E-state index is 0.107. The van der Waals surface area contributed by atoms with E-state index in [1.165, 1.54) is 13.3 Å². The Labute approximate surface area is 240 Å². The van der Waals surface area contributed by atoms with Crippen molar-refractivity contribution in [2.45, 2.75) is 0 Å². The summed E-state index contributed by atoms with van der Waals surface area (Å²) in [5.74, 6) is 1.20. The zero-order valence-corrected chi connectivity index (χ0v) is 22.7. The lowest BCUT2D eigenvalue weighted by Gasteiger charge is -2.10. The number of aromatic nitrogens is 1. The summed E-state index contributed by atoms with van der Waals surface area (Å²) >= 11 is 0. The van der Waals surface area contributed by atoms with Gasteiger partial charge in [-0.05, 0) is 53.6 Å². The Morgan fingerprint density at radius 2 is 1.67 bits per heavy atom. The first kappa shape index (κ1) is 26.5. The summed E-state index contributed by atoms with van der Waals surface area (Å²) in [6.07, 6.45) is 1.47. The predicted molar refractivity (Wildman–Crippen MR) is 156 cm³/mol. The van der Waals surface area contributed by atoms with Gasteiger partial charge >= 0.3 is 5.97 Å². The van der Waals surface area contributed by atoms with Gasteiger partial charge in [-0.15, -0.1) is 0 Å². The molecular formula is C32H25N3O7. The number of aromatic amines is 1. The lowest BCUT2D eigenvalue weighted by Crippen LogP contribution is -2.18. The normalized spacial score (nSPS) is 12.0. The van der Waals surface area contributed by atoms with E-state index in [1.807, 2.05) is 48.5 Å². The molecule has 0 spiro atoms. The van der Waals surface area contributed by atoms with E-state index in [2.05, 4.69) is 15.5 Å². The molecule has 0 saturated heterocycles. The molecule has 0 fully saturated rings. The highest BCUT2D eigenvalue weighted by Gasteiger charge is 2.21. The number of H-pyrrole nitrogens is 1. The molecule has 0 unspecified atom stereocenters. The smallest absolute Gasteiger partial charge is 0.343 e. The second kappa shape index (κ2) is 11.4. The molecular weight excluding hydrogens is 538 g/mol. The molecule has 2 heterocycles. The third-order valence-corrected chi connectivity index (χ3v) is 6.68. The van der Waals surface area contributed by atoms with Crippen molar-refractivity contribution in [2.75, 3.05) is 21.0 Å². The number of ether oxygens (including phenoxy) is 5. The second-order valence-electron chi connectivity index (χ2n) is 9.19. The van der Waals surface area contributed by atoms with E-state index in [4.69, 9.17) is 23.7 Å². The molecule has 10 nitrogen and oxygen atoms in total. The van der Waals surface area contributed by atoms with Crippen molar-refractivity contribution in [3.63, 3.8) is 0 Å². The van der Waals surface area contributed by atoms with Crippen LogP contribution in [0.4, 0.5) is 0 Å². The number of hydrogen-bond donors (Lipinski definition) is 2. The Morgan fingerprint density at radius 3 is 2.48 bits per heavy atom. The van der Waals surface area contributed by atoms with Gasteiger partial charge in [0.2, 0.25) is 6.79 Å². The Morgan fingerprint density at radius 1 is 0.857 bits per heavy atom. The molecule has 0 atom stereocenters. The van der Waals surface area contributed by atoms with Crippen LogP contribution in [0, 0.1) is 0 Å². The van der Waals surface area contributed by atoms with Crippen molar-refractivity contribution in [1.82, 2.24) is 10.4 Å². The average molecular weight is 564 g/mol. The Kier molecular flexibility index (Phi) is 7.17. The molecule has 42 heavy (non-hydrogen) atoms. The second-order valence-corrected chi connectivity index (χ2v) is 9.19. The summed E-state index contributed by atoms with van der Waals surface area (Å²) < 4.78 is 27.1. The van der Waals surface area contributed by atoms with Crippen molar-refractivity contribution < 1.29 is 33.3 Å². The Balaban J connectivity index is 1.20. The van der Waals surface area contributed by atoms with Crippen LogP contribution < -0.4 is 29.1 Å². The van der Waals surface area contributed by atoms with Crippen LogP contribution in [0.15, 0.2) is 90.0 Å². The summed E-state index contributed by atoms with van der Waals surface area (Å²) in [5, 5.41) is 5.00. The maximum absolute atomic E-state index is 13.3. The summed E-state index contributed by atoms with van der Waals surface area (Å²) in [7, 11) is 3.05. The zero-order chi connectivity index (χ0) is 29.1. The van der Waals surface area contributed by atoms with Crippen LogP contribution >= 0.6 is 0 Å². The third kappa shape index (κ3) is 5.08. The SMILES string of the molecule is COc1cc(C=NNC(=O)c2[nH]c3c(OC)cccc3c2-c2ccccc2)ccc1OC(=O)c1ccc2c(c1)OCO2. The number of carbonyl (C=O) groups excluding carboxylic acids is 2. The summed E-state index contributed by atoms with van der Waals surface area (Å²) in [5.41, 5.74) is 6.18. The fraction of sp³-hybridized carbons (Fsp3) is 0.0938. The van der Waals surface area contributed by atoms with Crippen molar-refractivity contribution >= 4 is 29.0 Å². The van der Waals surface area contributed by atoms with E-state index in [9.17, 15) is 9.59 Å². The van der Waals surface area contributed by atoms with Crippen molar-refractivity contribution in [2.24, 2.45) is 5.10 Å². The monoisotopic (exact) mass is 563 g/mol. The number of carbonyl (C=O) groups is 2. The molecule has 1 amide bonds. The van der Waals surface area contributed by atoms with Gasteiger partial charge in [-0.3, -0.25) is 4.79 Å². The van der Waals surface area contributed by atoms with Gasteiger partial charge in [-0.2, -0.15) is 5.10 Å². The molecule has 0 radical (unpaired) electrons. The van der Waals surface area contributed by atoms with Crippen LogP contribution in [0.25, 0.3) is 22.0 Å². The molecule has 4 aromatic carbocycles. The van der Waals surface area contributed by atoms with Gasteiger partial charge in [-0.25, -0.2) is 10.2 Å². The molecule has 210 valence electrons. The van der Waals surface area contributed by atoms with Crippen molar-refractivity contribution in [1.29, 1.82) is 0 Å². The highest BCUT2D eigenvalue weighted by atomic mass is 16.7. The molecule has 5 aromatic rings. The quantitative estimate of drug-likeness (QED) is 0.110. The van der Waals surface area contributed by atoms with Gasteiger partial charge < -0.3 is 28.7 Å². The number of methoxy groups -OCH3 is 2. The summed E-state index contributed by atoms with van der Waals surface area (Å²) in [6, 6.07) is 25.0. The molecule has 0 saturated carbocycles. The molecule has 1 aliphatic rings. The topological polar surface area (TPSA) is 120 Å². The van der Waals surface area contributed by atoms with Crippen LogP contribution in [-0.2, 0) is 0 Å². The maximum atomic E-state index is 13.3. The Hall–Kier alpha value is -5.77. The fourth-order valence-electron chi connectivity index (χ4n) is 4.69. The molecule has 2 N–H and O–H groups in total. The summed E-state index contributed by atoms with van der Waals surface area (Å²) in [4.78, 5) is 29.2. The molecule has 0 aliphatic carbocycles. The van der Waals surface area contributed by atoms with Crippen LogP contribution in [0.1, 0.15) is 26.4 Å². The van der Waals surface area contributed by atoms with Crippen LogP contribution in [0.3, 0.4) is 0 Å². The van der Waals surface area contributed by atoms with Crippen molar-refractivity contribution in [3.05, 3.63) is 102 Å². The summed E-state index contributed by atoms with van der Waals surface area (Å²) in [6.45, 7) is 0.107. The number of rotatable bonds is 8. The van der Waals surface area contributed by atoms with Gasteiger partial charge in [0.05, 0.1) is 31.5 Å². The number of benzene rings is 4. The Bertz CT molecular complexity index is 1830.